The highest BCUT2D eigenvalue weighted by Gasteiger charge is 2.14. The van der Waals surface area contributed by atoms with E-state index in [-0.39, 0.29) is 5.56 Å². The van der Waals surface area contributed by atoms with Crippen molar-refractivity contribution in [1.82, 2.24) is 14.5 Å². The summed E-state index contributed by atoms with van der Waals surface area (Å²) < 4.78 is 1.99. The van der Waals surface area contributed by atoms with Gasteiger partial charge in [-0.15, -0.1) is 0 Å². The fourth-order valence-corrected chi connectivity index (χ4v) is 1.85. The lowest BCUT2D eigenvalue weighted by Gasteiger charge is -2.20. The predicted octanol–water partition coefficient (Wildman–Crippen LogP) is 1.68. The van der Waals surface area contributed by atoms with Gasteiger partial charge < -0.3 is 14.6 Å². The Kier molecular flexibility index (Phi) is 3.34. The molecule has 0 radical (unpaired) electrons. The summed E-state index contributed by atoms with van der Waals surface area (Å²) in [5, 5.41) is 9.10. The van der Waals surface area contributed by atoms with Gasteiger partial charge in [-0.25, -0.2) is 9.78 Å². The van der Waals surface area contributed by atoms with Crippen LogP contribution >= 0.6 is 0 Å². The summed E-state index contributed by atoms with van der Waals surface area (Å²) in [5.74, 6) is -0.938. The lowest BCUT2D eigenvalue weighted by Crippen LogP contribution is -2.28. The molecule has 2 aromatic rings. The summed E-state index contributed by atoms with van der Waals surface area (Å²) in [5.41, 5.74) is 1.67. The van der Waals surface area contributed by atoms with Gasteiger partial charge in [0.15, 0.2) is 0 Å². The third kappa shape index (κ3) is 2.22. The number of aromatic carboxylic acids is 1. The Morgan fingerprint density at radius 1 is 1.50 bits per heavy atom. The second-order valence-corrected chi connectivity index (χ2v) is 4.69. The quantitative estimate of drug-likeness (QED) is 0.893. The second-order valence-electron chi connectivity index (χ2n) is 4.69. The first kappa shape index (κ1) is 12.6. The summed E-state index contributed by atoms with van der Waals surface area (Å²) >= 11 is 0. The topological polar surface area (TPSA) is 58.4 Å². The predicted molar refractivity (Wildman–Crippen MR) is 69.8 cm³/mol. The zero-order chi connectivity index (χ0) is 13.3. The van der Waals surface area contributed by atoms with E-state index >= 15 is 0 Å². The van der Waals surface area contributed by atoms with Gasteiger partial charge in [-0.05, 0) is 33.2 Å². The van der Waals surface area contributed by atoms with E-state index in [2.05, 4.69) is 16.8 Å². The minimum atomic E-state index is -0.938. The number of nitrogens with zero attached hydrogens (tertiary/aromatic N) is 3. The lowest BCUT2D eigenvalue weighted by molar-refractivity contribution is 0.0699. The van der Waals surface area contributed by atoms with Crippen molar-refractivity contribution in [2.45, 2.75) is 19.5 Å². The molecular weight excluding hydrogens is 230 g/mol. The molecule has 1 N–H and O–H groups in total. The maximum Gasteiger partial charge on any atom is 0.337 e. The number of benzene rings is 1. The molecule has 0 saturated carbocycles. The van der Waals surface area contributed by atoms with E-state index in [1.807, 2.05) is 24.7 Å². The van der Waals surface area contributed by atoms with E-state index in [1.54, 1.807) is 18.5 Å². The van der Waals surface area contributed by atoms with Gasteiger partial charge >= 0.3 is 5.97 Å². The molecule has 1 heterocycles. The van der Waals surface area contributed by atoms with Crippen LogP contribution in [0.3, 0.4) is 0 Å². The van der Waals surface area contributed by atoms with Crippen LogP contribution in [0.4, 0.5) is 0 Å². The van der Waals surface area contributed by atoms with E-state index in [9.17, 15) is 4.79 Å². The standard InChI is InChI=1S/C13H17N3O2/c1-9(15(2)3)7-16-8-14-12-10(13(17)18)5-4-6-11(12)16/h4-6,8-9H,7H2,1-3H3,(H,17,18). The molecule has 1 aromatic carbocycles. The molecule has 0 aliphatic carbocycles. The van der Waals surface area contributed by atoms with Gasteiger partial charge in [0.2, 0.25) is 0 Å². The number of aromatic nitrogens is 2. The lowest BCUT2D eigenvalue weighted by atomic mass is 10.2. The van der Waals surface area contributed by atoms with Crippen LogP contribution in [0.5, 0.6) is 0 Å². The summed E-state index contributed by atoms with van der Waals surface area (Å²) in [6.45, 7) is 2.90. The minimum absolute atomic E-state index is 0.253. The fourth-order valence-electron chi connectivity index (χ4n) is 1.85. The second kappa shape index (κ2) is 4.78. The Morgan fingerprint density at radius 2 is 2.22 bits per heavy atom. The van der Waals surface area contributed by atoms with E-state index in [0.29, 0.717) is 11.6 Å². The Balaban J connectivity index is 2.43. The van der Waals surface area contributed by atoms with E-state index in [0.717, 1.165) is 12.1 Å². The fraction of sp³-hybridized carbons (Fsp3) is 0.385. The number of carboxylic acid groups (broad SMARTS) is 1. The van der Waals surface area contributed by atoms with Crippen molar-refractivity contribution in [3.05, 3.63) is 30.1 Å². The smallest absolute Gasteiger partial charge is 0.337 e. The zero-order valence-corrected chi connectivity index (χ0v) is 10.8. The molecular formula is C13H17N3O2. The Hall–Kier alpha value is -1.88. The van der Waals surface area contributed by atoms with Crippen LogP contribution in [0, 0.1) is 0 Å². The number of carbonyl (C=O) groups is 1. The molecule has 1 atom stereocenters. The highest BCUT2D eigenvalue weighted by Crippen LogP contribution is 2.18. The van der Waals surface area contributed by atoms with Gasteiger partial charge in [-0.3, -0.25) is 0 Å². The van der Waals surface area contributed by atoms with Crippen molar-refractivity contribution < 1.29 is 9.90 Å². The van der Waals surface area contributed by atoms with Gasteiger partial charge in [0.1, 0.15) is 5.52 Å². The maximum absolute atomic E-state index is 11.1. The van der Waals surface area contributed by atoms with Gasteiger partial charge in [0.05, 0.1) is 17.4 Å². The van der Waals surface area contributed by atoms with Gasteiger partial charge in [-0.1, -0.05) is 6.07 Å². The average molecular weight is 247 g/mol. The minimum Gasteiger partial charge on any atom is -0.478 e. The van der Waals surface area contributed by atoms with E-state index in [4.69, 9.17) is 5.11 Å². The zero-order valence-electron chi connectivity index (χ0n) is 10.8. The molecule has 0 spiro atoms. The number of hydrogen-bond acceptors (Lipinski definition) is 3. The summed E-state index contributed by atoms with van der Waals surface area (Å²) in [6.07, 6.45) is 1.71. The molecule has 18 heavy (non-hydrogen) atoms. The monoisotopic (exact) mass is 247 g/mol. The van der Waals surface area contributed by atoms with Crippen LogP contribution in [0.25, 0.3) is 11.0 Å². The van der Waals surface area contributed by atoms with Crippen LogP contribution in [-0.2, 0) is 6.54 Å². The largest absolute Gasteiger partial charge is 0.478 e. The number of rotatable bonds is 4. The van der Waals surface area contributed by atoms with Gasteiger partial charge in [0.25, 0.3) is 0 Å². The first-order chi connectivity index (χ1) is 8.50. The Bertz CT molecular complexity index is 575. The van der Waals surface area contributed by atoms with Crippen molar-refractivity contribution in [1.29, 1.82) is 0 Å². The van der Waals surface area contributed by atoms with Crippen molar-refractivity contribution in [2.75, 3.05) is 14.1 Å². The molecule has 0 saturated heterocycles. The van der Waals surface area contributed by atoms with Crippen LogP contribution in [-0.4, -0.2) is 45.7 Å². The van der Waals surface area contributed by atoms with Crippen molar-refractivity contribution >= 4 is 17.0 Å². The van der Waals surface area contributed by atoms with Crippen molar-refractivity contribution in [3.8, 4) is 0 Å². The van der Waals surface area contributed by atoms with E-state index in [1.165, 1.54) is 0 Å². The molecule has 5 nitrogen and oxygen atoms in total. The summed E-state index contributed by atoms with van der Waals surface area (Å²) in [4.78, 5) is 17.4. The molecule has 0 bridgehead atoms. The third-order valence-electron chi connectivity index (χ3n) is 3.22. The van der Waals surface area contributed by atoms with Crippen LogP contribution in [0.15, 0.2) is 24.5 Å². The van der Waals surface area contributed by atoms with E-state index < -0.39 is 5.97 Å². The Morgan fingerprint density at radius 3 is 2.83 bits per heavy atom. The number of imidazole rings is 1. The molecule has 1 aromatic heterocycles. The molecule has 0 aliphatic rings. The molecule has 0 aliphatic heterocycles. The number of likely N-dealkylation sites (N-methyl/N-ethyl adjacent to an activating group) is 1. The summed E-state index contributed by atoms with van der Waals surface area (Å²) in [7, 11) is 4.04. The Labute approximate surface area is 106 Å². The number of fused-ring (bicyclic) bond motifs is 1. The normalized spacial score (nSPS) is 13.1. The first-order valence-corrected chi connectivity index (χ1v) is 5.84. The third-order valence-corrected chi connectivity index (χ3v) is 3.22. The highest BCUT2D eigenvalue weighted by atomic mass is 16.4. The average Bonchev–Trinajstić information content (AvgIpc) is 2.72. The van der Waals surface area contributed by atoms with Crippen LogP contribution in [0.1, 0.15) is 17.3 Å². The molecule has 1 unspecified atom stereocenters. The van der Waals surface area contributed by atoms with Gasteiger partial charge in [-0.2, -0.15) is 0 Å². The van der Waals surface area contributed by atoms with Gasteiger partial charge in [0, 0.05) is 12.6 Å². The maximum atomic E-state index is 11.1. The molecule has 96 valence electrons. The SMILES string of the molecule is CC(Cn1cnc2c(C(=O)O)cccc21)N(C)C. The summed E-state index contributed by atoms with van der Waals surface area (Å²) in [6, 6.07) is 5.59. The van der Waals surface area contributed by atoms with Crippen molar-refractivity contribution in [2.24, 2.45) is 0 Å². The number of hydrogen-bond donors (Lipinski definition) is 1. The molecule has 0 amide bonds. The number of carboxylic acids is 1. The highest BCUT2D eigenvalue weighted by molar-refractivity contribution is 6.00. The van der Waals surface area contributed by atoms with Crippen LogP contribution in [0.2, 0.25) is 0 Å². The molecule has 2 rings (SSSR count). The first-order valence-electron chi connectivity index (χ1n) is 5.84. The van der Waals surface area contributed by atoms with Crippen molar-refractivity contribution in [3.63, 3.8) is 0 Å². The van der Waals surface area contributed by atoms with Crippen LogP contribution < -0.4 is 0 Å². The molecule has 0 fully saturated rings. The molecule has 5 heteroatoms. The number of para-hydroxylation sites is 1.